The van der Waals surface area contributed by atoms with Crippen LogP contribution in [0.4, 0.5) is 4.79 Å². The lowest BCUT2D eigenvalue weighted by Gasteiger charge is -2.64. The summed E-state index contributed by atoms with van der Waals surface area (Å²) in [5.74, 6) is -1.50. The molecule has 0 aromatic carbocycles. The van der Waals surface area contributed by atoms with Crippen LogP contribution in [-0.2, 0) is 61.6 Å². The maximum Gasteiger partial charge on any atom is 0.509 e. The Hall–Kier alpha value is -2.56. The van der Waals surface area contributed by atoms with Gasteiger partial charge in [-0.15, -0.1) is 0 Å². The Morgan fingerprint density at radius 1 is 0.620 bits per heavy atom. The molecule has 0 bridgehead atoms. The molecule has 34 atom stereocenters. The highest BCUT2D eigenvalue weighted by Gasteiger charge is 2.69. The van der Waals surface area contributed by atoms with Gasteiger partial charge in [0.15, 0.2) is 37.6 Å². The van der Waals surface area contributed by atoms with Crippen LogP contribution in [0.5, 0.6) is 0 Å². The fourth-order valence-electron chi connectivity index (χ4n) is 16.9. The second kappa shape index (κ2) is 28.7. The Morgan fingerprint density at radius 3 is 1.83 bits per heavy atom. The summed E-state index contributed by atoms with van der Waals surface area (Å²) in [6, 6.07) is -1.61. The third-order valence-corrected chi connectivity index (χ3v) is 21.8. The van der Waals surface area contributed by atoms with E-state index in [0.29, 0.717) is 38.5 Å². The molecule has 0 radical (unpaired) electrons. The molecule has 6 aliphatic heterocycles. The quantitative estimate of drug-likeness (QED) is 0.0293. The van der Waals surface area contributed by atoms with Gasteiger partial charge in [0.2, 0.25) is 5.91 Å². The van der Waals surface area contributed by atoms with Crippen LogP contribution in [0.3, 0.4) is 0 Å². The first-order valence-electron chi connectivity index (χ1n) is 32.1. The van der Waals surface area contributed by atoms with Crippen LogP contribution >= 0.6 is 0 Å². The first kappa shape index (κ1) is 73.7. The predicted molar refractivity (Wildman–Crippen MR) is 308 cm³/mol. The minimum Gasteiger partial charge on any atom is -0.427 e. The van der Waals surface area contributed by atoms with E-state index in [9.17, 15) is 91.3 Å². The number of nitrogens with one attached hydrogen (secondary N) is 1. The number of allylic oxidation sites excluding steroid dienone is 1. The Kier molecular flexibility index (Phi) is 23.0. The highest BCUT2D eigenvalue weighted by Crippen LogP contribution is 2.71. The first-order valence-corrected chi connectivity index (χ1v) is 32.1. The van der Waals surface area contributed by atoms with Gasteiger partial charge >= 0.3 is 6.16 Å². The number of hydrogen-bond acceptors (Lipinski definition) is 30. The lowest BCUT2D eigenvalue weighted by atomic mass is 9.42. The number of fused-ring (bicyclic) bond motifs is 3. The van der Waals surface area contributed by atoms with E-state index in [1.54, 1.807) is 6.92 Å². The monoisotopic (exact) mass is 1330 g/mol. The Labute approximate surface area is 533 Å². The molecule has 31 nitrogen and oxygen atoms in total. The van der Waals surface area contributed by atoms with Crippen LogP contribution in [0.25, 0.3) is 0 Å². The molecule has 0 unspecified atom stereocenters. The number of carbonyl (C=O) groups excluding carboxylic acids is 2. The van der Waals surface area contributed by atoms with Gasteiger partial charge in [0.1, 0.15) is 115 Å². The molecule has 530 valence electrons. The number of amides is 1. The van der Waals surface area contributed by atoms with Crippen LogP contribution in [0, 0.1) is 34.0 Å². The SMILES string of the molecule is CC(=O)N[C@H]1[C@H](O[C@H]2[C@H](O[C@H]3[C@H](O[C@H]4CC[C@]5(C)[C@H]6C[C@@H](O)[C@@H]([C@](C)(O)CC/C=C(\C)C[C@@H]7OC(=O)O[C@H]7[C@](C)(O)CO)[C@]6(C)CC[C@H]5C4(C)C)O[C@H](CO[C@@H]4OC[C@@H](O)[C@H](O)[C@H]4O)[C@@H](O)[C@@H]3O)O[C@@H](C)[C@H](O)[C@H]2O)O[C@H](CO)[C@@H](O)[C@@H]1O[C@@H]1OC[C@H](O)[C@H](O)[C@H]1O. The van der Waals surface area contributed by atoms with Crippen molar-refractivity contribution in [1.29, 1.82) is 0 Å². The van der Waals surface area contributed by atoms with Gasteiger partial charge in [-0.25, -0.2) is 4.79 Å². The number of ether oxygens (including phenoxy) is 12. The second-order valence-corrected chi connectivity index (χ2v) is 28.8. The van der Waals surface area contributed by atoms with E-state index in [0.717, 1.165) is 12.5 Å². The van der Waals surface area contributed by atoms with E-state index < -0.39 is 244 Å². The lowest BCUT2D eigenvalue weighted by Crippen LogP contribution is -2.69. The van der Waals surface area contributed by atoms with Gasteiger partial charge in [-0.3, -0.25) is 4.79 Å². The van der Waals surface area contributed by atoms with Crippen molar-refractivity contribution in [1.82, 2.24) is 5.32 Å². The Balaban J connectivity index is 0.956. The predicted octanol–water partition coefficient (Wildman–Crippen LogP) is -4.33. The summed E-state index contributed by atoms with van der Waals surface area (Å²) in [5, 5.41) is 180. The molecular formula is C61H101NO30. The molecule has 3 aliphatic carbocycles. The average Bonchev–Trinajstić information content (AvgIpc) is 1.40. The molecule has 9 aliphatic rings. The molecule has 9 rings (SSSR count). The van der Waals surface area contributed by atoms with E-state index in [1.807, 2.05) is 26.8 Å². The minimum atomic E-state index is -1.98. The van der Waals surface area contributed by atoms with Crippen molar-refractivity contribution < 1.29 is 148 Å². The summed E-state index contributed by atoms with van der Waals surface area (Å²) in [5.41, 5.74) is -4.04. The first-order chi connectivity index (χ1) is 43.0. The Morgan fingerprint density at radius 2 is 1.20 bits per heavy atom. The van der Waals surface area contributed by atoms with Crippen molar-refractivity contribution in [3.8, 4) is 0 Å². The number of aliphatic hydroxyl groups is 16. The third-order valence-electron chi connectivity index (χ3n) is 21.8. The maximum absolute atomic E-state index is 12.9. The zero-order chi connectivity index (χ0) is 67.6. The second-order valence-electron chi connectivity index (χ2n) is 28.8. The van der Waals surface area contributed by atoms with Gasteiger partial charge < -0.3 is 144 Å². The van der Waals surface area contributed by atoms with Gasteiger partial charge in [-0.05, 0) is 101 Å². The summed E-state index contributed by atoms with van der Waals surface area (Å²) in [6.45, 7) is 12.7. The number of cyclic esters (lactones) is 2. The summed E-state index contributed by atoms with van der Waals surface area (Å²) < 4.78 is 71.8. The van der Waals surface area contributed by atoms with Crippen LogP contribution in [-0.4, -0.2) is 304 Å². The Bertz CT molecular complexity index is 2510. The van der Waals surface area contributed by atoms with E-state index in [2.05, 4.69) is 19.2 Å². The lowest BCUT2D eigenvalue weighted by molar-refractivity contribution is -0.396. The van der Waals surface area contributed by atoms with Gasteiger partial charge in [0.05, 0.1) is 56.9 Å². The number of rotatable bonds is 21. The highest BCUT2D eigenvalue weighted by atomic mass is 16.8. The van der Waals surface area contributed by atoms with E-state index in [4.69, 9.17) is 56.8 Å². The maximum atomic E-state index is 12.9. The zero-order valence-corrected chi connectivity index (χ0v) is 53.5. The van der Waals surface area contributed by atoms with Crippen LogP contribution < -0.4 is 5.32 Å². The molecule has 0 aromatic rings. The molecule has 17 N–H and O–H groups in total. The van der Waals surface area contributed by atoms with Crippen molar-refractivity contribution >= 4 is 12.1 Å². The standard InChI is InChI=1S/C61H101NO30/c1-24(17-30-50(61(9,80)23-64)92-56(78)87-30)11-10-14-60(8,79)49-27(66)18-34-58(6)16-13-35(57(4,5)33(58)12-15-59(34,49)7)88-55-48(43(75)40(72)32(86-55)22-83-52-44(76)38(70)28(67)20-81-52)91-54-47(42(74)37(69)25(2)84-54)90-51-36(62-26(3)65)46(41(73)31(19-63)85-51)89-53-45(77)39(71)29(68)21-82-53/h11,25,27-55,63-64,66-77,79-80H,10,12-23H2,1-9H3,(H,62,65)/b24-11+/t25-,27+,28+,29-,30-,31+,32+,33-,34+,35-,36+,37-,38-,39-,40+,41+,42+,43-,44+,45+,46+,47+,48+,49+,50+,51-,52-,53-,54-,55-,58-,59+,60+,61+/m0/s1. The van der Waals surface area contributed by atoms with Gasteiger partial charge in [0.25, 0.3) is 0 Å². The fraction of sp³-hybridized carbons (Fsp3) is 0.934. The van der Waals surface area contributed by atoms with Crippen molar-refractivity contribution in [2.75, 3.05) is 33.0 Å². The van der Waals surface area contributed by atoms with Crippen LogP contribution in [0.15, 0.2) is 11.6 Å². The molecule has 6 heterocycles. The van der Waals surface area contributed by atoms with E-state index in [1.165, 1.54) is 13.8 Å². The molecular weight excluding hydrogens is 1230 g/mol. The molecule has 1 amide bonds. The molecule has 9 fully saturated rings. The minimum absolute atomic E-state index is 0.0991. The summed E-state index contributed by atoms with van der Waals surface area (Å²) in [4.78, 5) is 25.0. The molecule has 0 spiro atoms. The zero-order valence-electron chi connectivity index (χ0n) is 53.5. The smallest absolute Gasteiger partial charge is 0.427 e. The van der Waals surface area contributed by atoms with Gasteiger partial charge in [-0.1, -0.05) is 39.3 Å². The molecule has 6 saturated heterocycles. The number of hydrogen-bond donors (Lipinski definition) is 17. The highest BCUT2D eigenvalue weighted by molar-refractivity contribution is 5.73. The van der Waals surface area contributed by atoms with E-state index in [-0.39, 0.29) is 24.7 Å². The van der Waals surface area contributed by atoms with Gasteiger partial charge in [0, 0.05) is 19.3 Å². The number of aliphatic hydroxyl groups excluding tert-OH is 14. The van der Waals surface area contributed by atoms with Crippen molar-refractivity contribution in [2.24, 2.45) is 34.0 Å². The number of carbonyl (C=O) groups is 2. The summed E-state index contributed by atoms with van der Waals surface area (Å²) in [7, 11) is 0. The summed E-state index contributed by atoms with van der Waals surface area (Å²) >= 11 is 0. The molecule has 3 saturated carbocycles. The van der Waals surface area contributed by atoms with Crippen molar-refractivity contribution in [2.45, 2.75) is 291 Å². The third kappa shape index (κ3) is 14.5. The van der Waals surface area contributed by atoms with Crippen LogP contribution in [0.1, 0.15) is 114 Å². The topological polar surface area (TPSA) is 481 Å². The fourth-order valence-corrected chi connectivity index (χ4v) is 16.9. The normalized spacial score (nSPS) is 49.5. The average molecular weight is 1330 g/mol. The summed E-state index contributed by atoms with van der Waals surface area (Å²) in [6.07, 6.45) is -36.8. The molecule has 92 heavy (non-hydrogen) atoms. The van der Waals surface area contributed by atoms with Crippen LogP contribution in [0.2, 0.25) is 0 Å². The largest absolute Gasteiger partial charge is 0.509 e. The van der Waals surface area contributed by atoms with Crippen molar-refractivity contribution in [3.63, 3.8) is 0 Å². The molecule has 0 aromatic heterocycles. The van der Waals surface area contributed by atoms with Gasteiger partial charge in [-0.2, -0.15) is 0 Å². The van der Waals surface area contributed by atoms with E-state index >= 15 is 0 Å². The molecule has 31 heteroatoms. The van der Waals surface area contributed by atoms with Crippen molar-refractivity contribution in [3.05, 3.63) is 11.6 Å².